The summed E-state index contributed by atoms with van der Waals surface area (Å²) in [4.78, 5) is 23.3. The Morgan fingerprint density at radius 1 is 1.14 bits per heavy atom. The summed E-state index contributed by atoms with van der Waals surface area (Å²) >= 11 is 0. The van der Waals surface area contributed by atoms with E-state index in [9.17, 15) is 4.79 Å². The lowest BCUT2D eigenvalue weighted by molar-refractivity contribution is 0.505. The first-order valence-electron chi connectivity index (χ1n) is 10.1. The molecule has 1 fully saturated rings. The van der Waals surface area contributed by atoms with Gasteiger partial charge in [0.2, 0.25) is 0 Å². The van der Waals surface area contributed by atoms with Crippen molar-refractivity contribution in [3.63, 3.8) is 0 Å². The van der Waals surface area contributed by atoms with Crippen LogP contribution in [0.25, 0.3) is 16.9 Å². The van der Waals surface area contributed by atoms with Crippen molar-refractivity contribution in [2.45, 2.75) is 32.6 Å². The van der Waals surface area contributed by atoms with E-state index in [4.69, 9.17) is 9.52 Å². The van der Waals surface area contributed by atoms with Crippen molar-refractivity contribution in [3.05, 3.63) is 70.3 Å². The number of anilines is 1. The van der Waals surface area contributed by atoms with Crippen LogP contribution in [0.15, 0.2) is 52.0 Å². The molecule has 0 bridgehead atoms. The Morgan fingerprint density at radius 3 is 2.66 bits per heavy atom. The van der Waals surface area contributed by atoms with Crippen LogP contribution >= 0.6 is 0 Å². The maximum absolute atomic E-state index is 13.3. The molecule has 1 aliphatic heterocycles. The van der Waals surface area contributed by atoms with Crippen LogP contribution < -0.4 is 10.5 Å². The minimum absolute atomic E-state index is 0.130. The lowest BCUT2D eigenvalue weighted by Gasteiger charge is -2.28. The van der Waals surface area contributed by atoms with E-state index in [0.717, 1.165) is 54.2 Å². The van der Waals surface area contributed by atoms with Crippen molar-refractivity contribution in [1.82, 2.24) is 19.6 Å². The molecule has 1 N–H and O–H groups in total. The Hall–Kier alpha value is -3.35. The summed E-state index contributed by atoms with van der Waals surface area (Å²) in [6.07, 6.45) is 6.99. The molecule has 0 amide bonds. The zero-order valence-corrected chi connectivity index (χ0v) is 16.4. The molecule has 4 aromatic rings. The van der Waals surface area contributed by atoms with Crippen LogP contribution in [-0.4, -0.2) is 32.7 Å². The number of aromatic nitrogens is 4. The highest BCUT2D eigenvalue weighted by molar-refractivity contribution is 5.86. The number of piperidine rings is 1. The number of oxazole rings is 1. The van der Waals surface area contributed by atoms with Crippen LogP contribution in [-0.2, 0) is 6.42 Å². The minimum Gasteiger partial charge on any atom is -0.449 e. The Kier molecular flexibility index (Phi) is 4.42. The summed E-state index contributed by atoms with van der Waals surface area (Å²) in [7, 11) is 0. The Bertz CT molecular complexity index is 1190. The first-order valence-corrected chi connectivity index (χ1v) is 10.1. The van der Waals surface area contributed by atoms with Crippen LogP contribution in [0.5, 0.6) is 0 Å². The third kappa shape index (κ3) is 3.12. The summed E-state index contributed by atoms with van der Waals surface area (Å²) < 4.78 is 6.86. The molecule has 0 aliphatic carbocycles. The van der Waals surface area contributed by atoms with Gasteiger partial charge in [-0.3, -0.25) is 4.79 Å². The molecule has 0 radical (unpaired) electrons. The highest BCUT2D eigenvalue weighted by atomic mass is 16.3. The third-order valence-corrected chi connectivity index (χ3v) is 5.60. The van der Waals surface area contributed by atoms with Crippen molar-refractivity contribution in [1.29, 1.82) is 0 Å². The summed E-state index contributed by atoms with van der Waals surface area (Å²) in [5.41, 5.74) is 4.92. The van der Waals surface area contributed by atoms with Gasteiger partial charge in [-0.1, -0.05) is 30.3 Å². The standard InChI is InChI=1S/C22H23N5O2/c1-15-17(14-18-23-10-13-29-18)22(28)27-21(24-15)20(26-11-6-3-7-12-26)19(25-27)16-8-4-2-5-9-16/h2,4-5,8-10,13,24H,3,6-7,11-12,14H2,1H3. The van der Waals surface area contributed by atoms with Gasteiger partial charge in [-0.05, 0) is 26.2 Å². The number of nitrogens with zero attached hydrogens (tertiary/aromatic N) is 4. The second-order valence-electron chi connectivity index (χ2n) is 7.51. The van der Waals surface area contributed by atoms with Gasteiger partial charge in [-0.25, -0.2) is 4.98 Å². The Balaban J connectivity index is 1.73. The fourth-order valence-electron chi connectivity index (χ4n) is 4.12. The van der Waals surface area contributed by atoms with Crippen LogP contribution in [0.1, 0.15) is 36.4 Å². The maximum Gasteiger partial charge on any atom is 0.278 e. The van der Waals surface area contributed by atoms with Crippen molar-refractivity contribution in [2.24, 2.45) is 0 Å². The third-order valence-electron chi connectivity index (χ3n) is 5.60. The van der Waals surface area contributed by atoms with Crippen LogP contribution in [0.2, 0.25) is 0 Å². The van der Waals surface area contributed by atoms with Gasteiger partial charge in [0, 0.05) is 29.9 Å². The highest BCUT2D eigenvalue weighted by Gasteiger charge is 2.25. The lowest BCUT2D eigenvalue weighted by Crippen LogP contribution is -2.30. The number of benzene rings is 1. The molecular weight excluding hydrogens is 366 g/mol. The Labute approximate surface area is 168 Å². The number of hydrogen-bond acceptors (Lipinski definition) is 5. The topological polar surface area (TPSA) is 79.4 Å². The van der Waals surface area contributed by atoms with Gasteiger partial charge < -0.3 is 14.3 Å². The monoisotopic (exact) mass is 389 g/mol. The van der Waals surface area contributed by atoms with E-state index < -0.39 is 0 Å². The first-order chi connectivity index (χ1) is 14.2. The van der Waals surface area contributed by atoms with Gasteiger partial charge in [-0.2, -0.15) is 9.61 Å². The molecule has 4 heterocycles. The van der Waals surface area contributed by atoms with E-state index in [1.54, 1.807) is 6.20 Å². The zero-order valence-electron chi connectivity index (χ0n) is 16.4. The molecule has 5 rings (SSSR count). The zero-order chi connectivity index (χ0) is 19.8. The van der Waals surface area contributed by atoms with Gasteiger partial charge in [0.25, 0.3) is 5.56 Å². The predicted molar refractivity (Wildman–Crippen MR) is 111 cm³/mol. The molecule has 0 unspecified atom stereocenters. The summed E-state index contributed by atoms with van der Waals surface area (Å²) in [6.45, 7) is 3.87. The number of aryl methyl sites for hydroxylation is 1. The number of H-pyrrole nitrogens is 1. The van der Waals surface area contributed by atoms with Gasteiger partial charge >= 0.3 is 0 Å². The van der Waals surface area contributed by atoms with E-state index in [1.807, 2.05) is 37.3 Å². The molecule has 1 aromatic carbocycles. The molecule has 29 heavy (non-hydrogen) atoms. The molecule has 7 nitrogen and oxygen atoms in total. The van der Waals surface area contributed by atoms with Crippen molar-refractivity contribution >= 4 is 11.3 Å². The molecule has 0 saturated carbocycles. The van der Waals surface area contributed by atoms with E-state index >= 15 is 0 Å². The minimum atomic E-state index is -0.130. The molecule has 3 aromatic heterocycles. The second kappa shape index (κ2) is 7.24. The fourth-order valence-corrected chi connectivity index (χ4v) is 4.12. The SMILES string of the molecule is Cc1[nH]c2c(N3CCCCC3)c(-c3ccccc3)nn2c(=O)c1Cc1ncco1. The molecule has 0 spiro atoms. The number of rotatable bonds is 4. The van der Waals surface area contributed by atoms with Gasteiger partial charge in [-0.15, -0.1) is 0 Å². The predicted octanol–water partition coefficient (Wildman–Crippen LogP) is 3.57. The van der Waals surface area contributed by atoms with Crippen LogP contribution in [0, 0.1) is 6.92 Å². The van der Waals surface area contributed by atoms with Crippen LogP contribution in [0.3, 0.4) is 0 Å². The van der Waals surface area contributed by atoms with E-state index in [2.05, 4.69) is 14.9 Å². The van der Waals surface area contributed by atoms with E-state index in [0.29, 0.717) is 17.9 Å². The van der Waals surface area contributed by atoms with Gasteiger partial charge in [0.1, 0.15) is 17.6 Å². The summed E-state index contributed by atoms with van der Waals surface area (Å²) in [5.74, 6) is 0.518. The number of hydrogen-bond donors (Lipinski definition) is 1. The fraction of sp³-hybridized carbons (Fsp3) is 0.318. The van der Waals surface area contributed by atoms with Gasteiger partial charge in [0.05, 0.1) is 12.6 Å². The molecule has 1 aliphatic rings. The van der Waals surface area contributed by atoms with Crippen molar-refractivity contribution < 1.29 is 4.42 Å². The molecule has 0 atom stereocenters. The average molecular weight is 389 g/mol. The van der Waals surface area contributed by atoms with Crippen LogP contribution in [0.4, 0.5) is 5.69 Å². The summed E-state index contributed by atoms with van der Waals surface area (Å²) in [5, 5.41) is 4.77. The van der Waals surface area contributed by atoms with Crippen molar-refractivity contribution in [2.75, 3.05) is 18.0 Å². The smallest absolute Gasteiger partial charge is 0.278 e. The largest absolute Gasteiger partial charge is 0.449 e. The molecular formula is C22H23N5O2. The van der Waals surface area contributed by atoms with E-state index in [-0.39, 0.29) is 5.56 Å². The number of fused-ring (bicyclic) bond motifs is 1. The lowest BCUT2D eigenvalue weighted by atomic mass is 10.1. The number of aromatic amines is 1. The molecule has 148 valence electrons. The van der Waals surface area contributed by atoms with E-state index in [1.165, 1.54) is 17.2 Å². The molecule has 7 heteroatoms. The Morgan fingerprint density at radius 2 is 1.93 bits per heavy atom. The maximum atomic E-state index is 13.3. The number of nitrogens with one attached hydrogen (secondary N) is 1. The molecule has 1 saturated heterocycles. The van der Waals surface area contributed by atoms with Crippen molar-refractivity contribution in [3.8, 4) is 11.3 Å². The van der Waals surface area contributed by atoms with Gasteiger partial charge in [0.15, 0.2) is 11.5 Å². The highest BCUT2D eigenvalue weighted by Crippen LogP contribution is 2.34. The summed E-state index contributed by atoms with van der Waals surface area (Å²) in [6, 6.07) is 10.1. The normalized spacial score (nSPS) is 14.6. The average Bonchev–Trinajstić information content (AvgIpc) is 3.40. The quantitative estimate of drug-likeness (QED) is 0.577. The second-order valence-corrected chi connectivity index (χ2v) is 7.51. The first kappa shape index (κ1) is 17.7.